The largest absolute Gasteiger partial charge is 0.480 e. The van der Waals surface area contributed by atoms with Crippen molar-refractivity contribution >= 4 is 11.9 Å². The molecule has 6 heteroatoms. The van der Waals surface area contributed by atoms with Gasteiger partial charge in [-0.25, -0.2) is 4.79 Å². The van der Waals surface area contributed by atoms with E-state index in [0.717, 1.165) is 0 Å². The van der Waals surface area contributed by atoms with Gasteiger partial charge in [-0.1, -0.05) is 0 Å². The SMILES string of the molecule is CC(N)C(=O)O.C[N+](C)(C)CC(=O)O. The van der Waals surface area contributed by atoms with E-state index in [9.17, 15) is 9.59 Å². The number of carboxylic acids is 2. The van der Waals surface area contributed by atoms with Crippen molar-refractivity contribution in [2.75, 3.05) is 27.7 Å². The maximum atomic E-state index is 10.00. The van der Waals surface area contributed by atoms with E-state index < -0.39 is 18.0 Å². The Labute approximate surface area is 83.5 Å². The van der Waals surface area contributed by atoms with Crippen molar-refractivity contribution in [2.24, 2.45) is 5.73 Å². The number of nitrogens with two attached hydrogens (primary N) is 1. The number of likely N-dealkylation sites (N-methyl/N-ethyl adjacent to an activating group) is 1. The van der Waals surface area contributed by atoms with Gasteiger partial charge in [-0.05, 0) is 6.92 Å². The molecule has 1 atom stereocenters. The van der Waals surface area contributed by atoms with E-state index >= 15 is 0 Å². The predicted molar refractivity (Wildman–Crippen MR) is 51.8 cm³/mol. The number of quaternary nitrogens is 1. The van der Waals surface area contributed by atoms with Crippen LogP contribution in [0.4, 0.5) is 0 Å². The van der Waals surface area contributed by atoms with Crippen molar-refractivity contribution in [1.82, 2.24) is 0 Å². The van der Waals surface area contributed by atoms with Crippen molar-refractivity contribution in [3.05, 3.63) is 0 Å². The lowest BCUT2D eigenvalue weighted by molar-refractivity contribution is -0.862. The summed E-state index contributed by atoms with van der Waals surface area (Å²) in [5, 5.41) is 16.1. The van der Waals surface area contributed by atoms with Crippen LogP contribution in [0.2, 0.25) is 0 Å². The summed E-state index contributed by atoms with van der Waals surface area (Å²) in [7, 11) is 5.52. The van der Waals surface area contributed by atoms with E-state index in [4.69, 9.17) is 15.9 Å². The van der Waals surface area contributed by atoms with Crippen LogP contribution in [-0.2, 0) is 9.59 Å². The fraction of sp³-hybridized carbons (Fsp3) is 0.750. The molecule has 1 unspecified atom stereocenters. The minimum Gasteiger partial charge on any atom is -0.480 e. The van der Waals surface area contributed by atoms with Crippen LogP contribution in [0.5, 0.6) is 0 Å². The Kier molecular flexibility index (Phi) is 6.94. The summed E-state index contributed by atoms with van der Waals surface area (Å²) in [6, 6.07) is -0.731. The summed E-state index contributed by atoms with van der Waals surface area (Å²) in [5.74, 6) is -1.72. The van der Waals surface area contributed by atoms with E-state index in [1.54, 1.807) is 0 Å². The first-order chi connectivity index (χ1) is 6.06. The second-order valence-corrected chi connectivity index (χ2v) is 3.97. The van der Waals surface area contributed by atoms with E-state index in [1.165, 1.54) is 6.92 Å². The molecular formula is C8H19N2O4+. The van der Waals surface area contributed by atoms with Crippen molar-refractivity contribution < 1.29 is 24.3 Å². The van der Waals surface area contributed by atoms with Crippen LogP contribution in [0.3, 0.4) is 0 Å². The molecule has 0 heterocycles. The van der Waals surface area contributed by atoms with Crippen LogP contribution in [-0.4, -0.2) is 60.4 Å². The van der Waals surface area contributed by atoms with Crippen molar-refractivity contribution in [1.29, 1.82) is 0 Å². The Balaban J connectivity index is 0. The molecule has 0 saturated heterocycles. The Bertz CT molecular complexity index is 196. The van der Waals surface area contributed by atoms with Crippen LogP contribution in [0.15, 0.2) is 0 Å². The summed E-state index contributed by atoms with van der Waals surface area (Å²) in [4.78, 5) is 19.6. The molecule has 4 N–H and O–H groups in total. The molecule has 0 aromatic rings. The van der Waals surface area contributed by atoms with Gasteiger partial charge in [0.1, 0.15) is 6.04 Å². The van der Waals surface area contributed by atoms with Crippen LogP contribution < -0.4 is 5.73 Å². The highest BCUT2D eigenvalue weighted by molar-refractivity contribution is 5.72. The Morgan fingerprint density at radius 3 is 1.57 bits per heavy atom. The first-order valence-corrected chi connectivity index (χ1v) is 4.07. The maximum Gasteiger partial charge on any atom is 0.359 e. The minimum atomic E-state index is -0.963. The zero-order valence-electron chi connectivity index (χ0n) is 9.02. The quantitative estimate of drug-likeness (QED) is 0.526. The number of carboxylic acid groups (broad SMARTS) is 2. The third-order valence-electron chi connectivity index (χ3n) is 0.999. The molecule has 0 saturated carbocycles. The summed E-state index contributed by atoms with van der Waals surface area (Å²) in [6.45, 7) is 1.60. The zero-order chi connectivity index (χ0) is 11.9. The fourth-order valence-corrected chi connectivity index (χ4v) is 0.406. The van der Waals surface area contributed by atoms with Gasteiger partial charge >= 0.3 is 11.9 Å². The van der Waals surface area contributed by atoms with Crippen LogP contribution in [0.1, 0.15) is 6.92 Å². The maximum absolute atomic E-state index is 10.00. The molecule has 0 aliphatic rings. The number of hydrogen-bond donors (Lipinski definition) is 3. The van der Waals surface area contributed by atoms with Crippen molar-refractivity contribution in [3.63, 3.8) is 0 Å². The molecule has 0 aromatic heterocycles. The molecular weight excluding hydrogens is 188 g/mol. The van der Waals surface area contributed by atoms with Crippen molar-refractivity contribution in [3.8, 4) is 0 Å². The Morgan fingerprint density at radius 1 is 1.29 bits per heavy atom. The number of rotatable bonds is 3. The Hall–Kier alpha value is -1.14. The smallest absolute Gasteiger partial charge is 0.359 e. The van der Waals surface area contributed by atoms with Crippen LogP contribution >= 0.6 is 0 Å². The highest BCUT2D eigenvalue weighted by Crippen LogP contribution is 1.86. The normalized spacial score (nSPS) is 12.4. The molecule has 84 valence electrons. The first-order valence-electron chi connectivity index (χ1n) is 4.07. The fourth-order valence-electron chi connectivity index (χ4n) is 0.406. The molecule has 0 spiro atoms. The molecule has 0 aliphatic carbocycles. The topological polar surface area (TPSA) is 101 Å². The third-order valence-corrected chi connectivity index (χ3v) is 0.999. The monoisotopic (exact) mass is 207 g/mol. The van der Waals surface area contributed by atoms with Gasteiger partial charge < -0.3 is 20.4 Å². The first kappa shape index (κ1) is 15.3. The van der Waals surface area contributed by atoms with Gasteiger partial charge in [-0.15, -0.1) is 0 Å². The summed E-state index contributed by atoms with van der Waals surface area (Å²) in [6.07, 6.45) is 0. The summed E-state index contributed by atoms with van der Waals surface area (Å²) >= 11 is 0. The zero-order valence-corrected chi connectivity index (χ0v) is 9.02. The van der Waals surface area contributed by atoms with E-state index in [1.807, 2.05) is 21.1 Å². The number of hydrogen-bond acceptors (Lipinski definition) is 3. The van der Waals surface area contributed by atoms with Gasteiger partial charge in [0.2, 0.25) is 0 Å². The van der Waals surface area contributed by atoms with Gasteiger partial charge in [-0.2, -0.15) is 0 Å². The summed E-state index contributed by atoms with van der Waals surface area (Å²) in [5.41, 5.74) is 4.84. The average Bonchev–Trinajstić information content (AvgIpc) is 1.81. The number of nitrogens with zero attached hydrogens (tertiary/aromatic N) is 1. The Morgan fingerprint density at radius 2 is 1.57 bits per heavy atom. The van der Waals surface area contributed by atoms with Gasteiger partial charge in [0, 0.05) is 0 Å². The molecule has 0 radical (unpaired) electrons. The lowest BCUT2D eigenvalue weighted by Gasteiger charge is -2.20. The molecule has 14 heavy (non-hydrogen) atoms. The van der Waals surface area contributed by atoms with Crippen LogP contribution in [0, 0.1) is 0 Å². The molecule has 0 amide bonds. The number of aliphatic carboxylic acids is 2. The predicted octanol–water partition coefficient (Wildman–Crippen LogP) is -0.805. The highest BCUT2D eigenvalue weighted by Gasteiger charge is 2.11. The third kappa shape index (κ3) is 17.1. The van der Waals surface area contributed by atoms with Gasteiger partial charge in [0.05, 0.1) is 21.1 Å². The minimum absolute atomic E-state index is 0.181. The lowest BCUT2D eigenvalue weighted by atomic mass is 10.4. The second kappa shape index (κ2) is 6.33. The van der Waals surface area contributed by atoms with Gasteiger partial charge in [0.15, 0.2) is 6.54 Å². The van der Waals surface area contributed by atoms with E-state index in [2.05, 4.69) is 0 Å². The number of carbonyl (C=O) groups is 2. The summed E-state index contributed by atoms with van der Waals surface area (Å²) < 4.78 is 0.481. The van der Waals surface area contributed by atoms with E-state index in [-0.39, 0.29) is 6.54 Å². The second-order valence-electron chi connectivity index (χ2n) is 3.97. The molecule has 0 rings (SSSR count). The molecule has 0 aliphatic heterocycles. The van der Waals surface area contributed by atoms with Crippen molar-refractivity contribution in [2.45, 2.75) is 13.0 Å². The average molecular weight is 207 g/mol. The molecule has 6 nitrogen and oxygen atoms in total. The van der Waals surface area contributed by atoms with Crippen LogP contribution in [0.25, 0.3) is 0 Å². The van der Waals surface area contributed by atoms with Gasteiger partial charge in [-0.3, -0.25) is 4.79 Å². The standard InChI is InChI=1S/C5H11NO2.C3H7NO2/c1-6(2,3)4-5(7)8;1-2(4)3(5)6/h4H2,1-3H3;2H,4H2,1H3,(H,5,6)/p+1. The van der Waals surface area contributed by atoms with E-state index in [0.29, 0.717) is 4.48 Å². The highest BCUT2D eigenvalue weighted by atomic mass is 16.4. The molecule has 0 bridgehead atoms. The molecule has 0 fully saturated rings. The lowest BCUT2D eigenvalue weighted by Crippen LogP contribution is -2.39. The molecule has 0 aromatic carbocycles. The van der Waals surface area contributed by atoms with Gasteiger partial charge in [0.25, 0.3) is 0 Å².